The fourth-order valence-electron chi connectivity index (χ4n) is 0.630. The molecule has 0 saturated carbocycles. The highest BCUT2D eigenvalue weighted by atomic mass is 16.3. The number of nitrogens with two attached hydrogens (primary N) is 2. The molecule has 0 aromatic rings. The zero-order chi connectivity index (χ0) is 8.15. The second-order valence-electron chi connectivity index (χ2n) is 2.31. The minimum Gasteiger partial charge on any atom is -0.396 e. The first-order valence-corrected chi connectivity index (χ1v) is 3.22. The number of Topliss-reactive ketones (excluding diaryl/α,β-unsaturated/α-hetero) is 1. The number of hydrogen-bond donors (Lipinski definition) is 3. The number of ketones is 1. The molecule has 4 heteroatoms. The summed E-state index contributed by atoms with van der Waals surface area (Å²) in [5.41, 5.74) is 10.8. The molecule has 0 aliphatic rings. The van der Waals surface area contributed by atoms with E-state index in [2.05, 4.69) is 0 Å². The third-order valence-corrected chi connectivity index (χ3v) is 1.39. The Morgan fingerprint density at radius 2 is 2.10 bits per heavy atom. The molecule has 0 aromatic carbocycles. The van der Waals surface area contributed by atoms with Crippen LogP contribution in [-0.4, -0.2) is 29.6 Å². The molecule has 0 heterocycles. The molecule has 0 rings (SSSR count). The summed E-state index contributed by atoms with van der Waals surface area (Å²) in [6.45, 7) is 1.37. The highest BCUT2D eigenvalue weighted by molar-refractivity contribution is 5.81. The monoisotopic (exact) mass is 146 g/mol. The standard InChI is InChI=1S/C6H14N2O2/c1-4(10)6(8)5(7)2-3-9/h5-6,9H,2-3,7-8H2,1H3. The Kier molecular flexibility index (Phi) is 4.18. The van der Waals surface area contributed by atoms with Gasteiger partial charge in [-0.25, -0.2) is 0 Å². The molecule has 2 atom stereocenters. The molecule has 0 fully saturated rings. The first kappa shape index (κ1) is 9.55. The van der Waals surface area contributed by atoms with E-state index in [1.54, 1.807) is 0 Å². The summed E-state index contributed by atoms with van der Waals surface area (Å²) in [6.07, 6.45) is 0.376. The van der Waals surface area contributed by atoms with Gasteiger partial charge in [0.05, 0.1) is 6.04 Å². The number of hydrogen-bond acceptors (Lipinski definition) is 4. The van der Waals surface area contributed by atoms with Gasteiger partial charge < -0.3 is 16.6 Å². The lowest BCUT2D eigenvalue weighted by Gasteiger charge is -2.15. The van der Waals surface area contributed by atoms with Crippen LogP contribution in [0.25, 0.3) is 0 Å². The topological polar surface area (TPSA) is 89.3 Å². The van der Waals surface area contributed by atoms with Crippen molar-refractivity contribution in [3.05, 3.63) is 0 Å². The average molecular weight is 146 g/mol. The van der Waals surface area contributed by atoms with Crippen molar-refractivity contribution in [2.75, 3.05) is 6.61 Å². The van der Waals surface area contributed by atoms with Crippen LogP contribution in [0.5, 0.6) is 0 Å². The highest BCUT2D eigenvalue weighted by Crippen LogP contribution is 1.93. The normalized spacial score (nSPS) is 16.4. The molecule has 0 spiro atoms. The number of carbonyl (C=O) groups excluding carboxylic acids is 1. The van der Waals surface area contributed by atoms with Crippen molar-refractivity contribution in [1.82, 2.24) is 0 Å². The maximum atomic E-state index is 10.6. The van der Waals surface area contributed by atoms with Gasteiger partial charge in [0.2, 0.25) is 0 Å². The predicted molar refractivity (Wildman–Crippen MR) is 38.3 cm³/mol. The van der Waals surface area contributed by atoms with Crippen molar-refractivity contribution in [1.29, 1.82) is 0 Å². The third kappa shape index (κ3) is 2.91. The molecule has 0 aliphatic carbocycles. The quantitative estimate of drug-likeness (QED) is 0.455. The summed E-state index contributed by atoms with van der Waals surface area (Å²) < 4.78 is 0. The van der Waals surface area contributed by atoms with Gasteiger partial charge in [-0.05, 0) is 13.3 Å². The van der Waals surface area contributed by atoms with Gasteiger partial charge in [-0.1, -0.05) is 0 Å². The largest absolute Gasteiger partial charge is 0.396 e. The third-order valence-electron chi connectivity index (χ3n) is 1.39. The zero-order valence-corrected chi connectivity index (χ0v) is 6.08. The number of carbonyl (C=O) groups is 1. The lowest BCUT2D eigenvalue weighted by atomic mass is 10.0. The van der Waals surface area contributed by atoms with Crippen LogP contribution in [0.4, 0.5) is 0 Å². The molecule has 4 nitrogen and oxygen atoms in total. The molecule has 0 bridgehead atoms. The molecular formula is C6H14N2O2. The van der Waals surface area contributed by atoms with Crippen molar-refractivity contribution >= 4 is 5.78 Å². The van der Waals surface area contributed by atoms with Gasteiger partial charge in [0, 0.05) is 12.6 Å². The summed E-state index contributed by atoms with van der Waals surface area (Å²) >= 11 is 0. The molecule has 0 radical (unpaired) electrons. The molecule has 2 unspecified atom stereocenters. The fraction of sp³-hybridized carbons (Fsp3) is 0.833. The zero-order valence-electron chi connectivity index (χ0n) is 6.08. The van der Waals surface area contributed by atoms with Crippen LogP contribution in [0.3, 0.4) is 0 Å². The molecule has 0 saturated heterocycles. The van der Waals surface area contributed by atoms with E-state index in [0.29, 0.717) is 6.42 Å². The van der Waals surface area contributed by atoms with Crippen LogP contribution < -0.4 is 11.5 Å². The van der Waals surface area contributed by atoms with E-state index in [-0.39, 0.29) is 12.4 Å². The first-order valence-electron chi connectivity index (χ1n) is 3.22. The summed E-state index contributed by atoms with van der Waals surface area (Å²) in [7, 11) is 0. The SMILES string of the molecule is CC(=O)C(N)C(N)CCO. The maximum absolute atomic E-state index is 10.6. The molecule has 60 valence electrons. The van der Waals surface area contributed by atoms with Crippen LogP contribution >= 0.6 is 0 Å². The molecule has 0 aliphatic heterocycles. The molecule has 5 N–H and O–H groups in total. The van der Waals surface area contributed by atoms with Gasteiger partial charge >= 0.3 is 0 Å². The minimum absolute atomic E-state index is 0.0256. The lowest BCUT2D eigenvalue weighted by molar-refractivity contribution is -0.118. The predicted octanol–water partition coefficient (Wildman–Crippen LogP) is -1.39. The Morgan fingerprint density at radius 3 is 2.40 bits per heavy atom. The Hall–Kier alpha value is -0.450. The van der Waals surface area contributed by atoms with Gasteiger partial charge in [-0.15, -0.1) is 0 Å². The summed E-state index contributed by atoms with van der Waals surface area (Å²) in [4.78, 5) is 10.6. The van der Waals surface area contributed by atoms with E-state index in [1.807, 2.05) is 0 Å². The minimum atomic E-state index is -0.632. The maximum Gasteiger partial charge on any atom is 0.148 e. The number of aliphatic hydroxyl groups excluding tert-OH is 1. The van der Waals surface area contributed by atoms with Crippen molar-refractivity contribution in [2.24, 2.45) is 11.5 Å². The smallest absolute Gasteiger partial charge is 0.148 e. The molecule has 0 amide bonds. The number of aliphatic hydroxyl groups is 1. The van der Waals surface area contributed by atoms with Crippen molar-refractivity contribution < 1.29 is 9.90 Å². The van der Waals surface area contributed by atoms with Crippen LogP contribution in [0.15, 0.2) is 0 Å². The van der Waals surface area contributed by atoms with E-state index in [9.17, 15) is 4.79 Å². The van der Waals surface area contributed by atoms with E-state index in [0.717, 1.165) is 0 Å². The molecular weight excluding hydrogens is 132 g/mol. The summed E-state index contributed by atoms with van der Waals surface area (Å²) in [5, 5.41) is 8.42. The first-order chi connectivity index (χ1) is 4.59. The Labute approximate surface area is 60.2 Å². The van der Waals surface area contributed by atoms with Crippen LogP contribution in [0, 0.1) is 0 Å². The van der Waals surface area contributed by atoms with E-state index >= 15 is 0 Å². The second kappa shape index (κ2) is 4.38. The van der Waals surface area contributed by atoms with Gasteiger partial charge in [0.25, 0.3) is 0 Å². The number of rotatable bonds is 4. The van der Waals surface area contributed by atoms with E-state index < -0.39 is 12.1 Å². The van der Waals surface area contributed by atoms with Gasteiger partial charge in [-0.2, -0.15) is 0 Å². The van der Waals surface area contributed by atoms with Crippen molar-refractivity contribution in [3.63, 3.8) is 0 Å². The van der Waals surface area contributed by atoms with E-state index in [4.69, 9.17) is 16.6 Å². The van der Waals surface area contributed by atoms with Gasteiger partial charge in [-0.3, -0.25) is 4.79 Å². The van der Waals surface area contributed by atoms with Gasteiger partial charge in [0.1, 0.15) is 5.78 Å². The molecule has 10 heavy (non-hydrogen) atoms. The lowest BCUT2D eigenvalue weighted by Crippen LogP contribution is -2.46. The highest BCUT2D eigenvalue weighted by Gasteiger charge is 2.16. The van der Waals surface area contributed by atoms with Crippen LogP contribution in [0.2, 0.25) is 0 Å². The van der Waals surface area contributed by atoms with Crippen molar-refractivity contribution in [2.45, 2.75) is 25.4 Å². The Balaban J connectivity index is 3.69. The summed E-state index contributed by atoms with van der Waals surface area (Å²) in [6, 6.07) is -1.05. The Morgan fingerprint density at radius 1 is 1.60 bits per heavy atom. The van der Waals surface area contributed by atoms with E-state index in [1.165, 1.54) is 6.92 Å². The average Bonchev–Trinajstić information content (AvgIpc) is 1.87. The summed E-state index contributed by atoms with van der Waals surface area (Å²) in [5.74, 6) is -0.138. The fourth-order valence-corrected chi connectivity index (χ4v) is 0.630. The van der Waals surface area contributed by atoms with Crippen molar-refractivity contribution in [3.8, 4) is 0 Å². The Bertz CT molecular complexity index is 116. The molecule has 0 aromatic heterocycles. The van der Waals surface area contributed by atoms with Crippen LogP contribution in [-0.2, 0) is 4.79 Å². The van der Waals surface area contributed by atoms with Crippen LogP contribution in [0.1, 0.15) is 13.3 Å². The van der Waals surface area contributed by atoms with Gasteiger partial charge in [0.15, 0.2) is 0 Å². The second-order valence-corrected chi connectivity index (χ2v) is 2.31.